The summed E-state index contributed by atoms with van der Waals surface area (Å²) in [6.45, 7) is 10.5. The van der Waals surface area contributed by atoms with Crippen molar-refractivity contribution in [3.05, 3.63) is 64.1 Å². The van der Waals surface area contributed by atoms with Crippen molar-refractivity contribution in [1.82, 2.24) is 5.32 Å². The van der Waals surface area contributed by atoms with Gasteiger partial charge in [-0.15, -0.1) is 0 Å². The molecular weight excluding hydrogens is 488 g/mol. The van der Waals surface area contributed by atoms with Crippen LogP contribution in [0.25, 0.3) is 0 Å². The number of ether oxygens (including phenoxy) is 2. The van der Waals surface area contributed by atoms with Crippen molar-refractivity contribution in [2.45, 2.75) is 65.2 Å². The lowest BCUT2D eigenvalue weighted by atomic mass is 10.0. The van der Waals surface area contributed by atoms with E-state index in [1.807, 2.05) is 24.3 Å². The van der Waals surface area contributed by atoms with Crippen molar-refractivity contribution in [3.8, 4) is 0 Å². The van der Waals surface area contributed by atoms with E-state index < -0.39 is 35.2 Å². The van der Waals surface area contributed by atoms with E-state index in [1.165, 1.54) is 0 Å². The number of hydrogen-bond acceptors (Lipinski definition) is 5. The molecule has 2 aromatic rings. The Labute approximate surface area is 203 Å². The molecule has 0 heterocycles. The molecule has 1 unspecified atom stereocenters. The molecule has 0 aliphatic carbocycles. The summed E-state index contributed by atoms with van der Waals surface area (Å²) >= 11 is 3.42. The van der Waals surface area contributed by atoms with Crippen LogP contribution in [-0.2, 0) is 20.7 Å². The zero-order valence-corrected chi connectivity index (χ0v) is 21.4. The zero-order chi connectivity index (χ0) is 24.8. The number of rotatable bonds is 6. The third-order valence-electron chi connectivity index (χ3n) is 4.14. The van der Waals surface area contributed by atoms with Gasteiger partial charge < -0.3 is 20.1 Å². The van der Waals surface area contributed by atoms with Gasteiger partial charge in [-0.25, -0.2) is 9.59 Å². The van der Waals surface area contributed by atoms with Crippen LogP contribution in [0.15, 0.2) is 53.0 Å². The standard InChI is InChI=1S/C25H31BrN2O5/c1-24(2,3)32-22(30)18-12-7-8-13-19(18)27-21(29)20(28-23(31)33-25(4,5)6)15-16-10-9-11-17(26)14-16/h7-14,20H,15H2,1-6H3,(H,27,29)(H,28,31). The maximum absolute atomic E-state index is 13.2. The first kappa shape index (κ1) is 26.4. The van der Waals surface area contributed by atoms with Crippen molar-refractivity contribution in [2.24, 2.45) is 0 Å². The number of benzene rings is 2. The molecule has 0 aliphatic rings. The van der Waals surface area contributed by atoms with Crippen LogP contribution < -0.4 is 10.6 Å². The molecule has 0 saturated carbocycles. The Morgan fingerprint density at radius 1 is 0.909 bits per heavy atom. The summed E-state index contributed by atoms with van der Waals surface area (Å²) < 4.78 is 11.6. The van der Waals surface area contributed by atoms with Crippen molar-refractivity contribution in [1.29, 1.82) is 0 Å². The molecule has 178 valence electrons. The fourth-order valence-electron chi connectivity index (χ4n) is 2.88. The van der Waals surface area contributed by atoms with E-state index in [2.05, 4.69) is 26.6 Å². The summed E-state index contributed by atoms with van der Waals surface area (Å²) in [6.07, 6.45) is -0.489. The van der Waals surface area contributed by atoms with E-state index in [0.29, 0.717) is 5.69 Å². The Hall–Kier alpha value is -2.87. The molecule has 0 radical (unpaired) electrons. The lowest BCUT2D eigenvalue weighted by Gasteiger charge is -2.24. The molecule has 2 amide bonds. The molecule has 2 aromatic carbocycles. The first-order valence-corrected chi connectivity index (χ1v) is 11.4. The Morgan fingerprint density at radius 3 is 2.15 bits per heavy atom. The van der Waals surface area contributed by atoms with Gasteiger partial charge in [-0.3, -0.25) is 4.79 Å². The average Bonchev–Trinajstić information content (AvgIpc) is 2.65. The van der Waals surface area contributed by atoms with Crippen LogP contribution in [0, 0.1) is 0 Å². The number of para-hydroxylation sites is 1. The Kier molecular flexibility index (Phi) is 8.66. The number of esters is 1. The minimum Gasteiger partial charge on any atom is -0.456 e. The number of alkyl carbamates (subject to hydrolysis) is 1. The summed E-state index contributed by atoms with van der Waals surface area (Å²) in [6, 6.07) is 13.1. The molecular formula is C25H31BrN2O5. The number of carbonyl (C=O) groups excluding carboxylic acids is 3. The van der Waals surface area contributed by atoms with Crippen LogP contribution >= 0.6 is 15.9 Å². The minimum absolute atomic E-state index is 0.221. The van der Waals surface area contributed by atoms with Gasteiger partial charge in [0.25, 0.3) is 0 Å². The van der Waals surface area contributed by atoms with Gasteiger partial charge in [0.2, 0.25) is 5.91 Å². The van der Waals surface area contributed by atoms with Crippen LogP contribution in [0.2, 0.25) is 0 Å². The van der Waals surface area contributed by atoms with Gasteiger partial charge in [0.15, 0.2) is 0 Å². The van der Waals surface area contributed by atoms with E-state index in [9.17, 15) is 14.4 Å². The number of nitrogens with one attached hydrogen (secondary N) is 2. The van der Waals surface area contributed by atoms with Crippen molar-refractivity contribution in [2.75, 3.05) is 5.32 Å². The number of anilines is 1. The highest BCUT2D eigenvalue weighted by atomic mass is 79.9. The number of carbonyl (C=O) groups is 3. The topological polar surface area (TPSA) is 93.7 Å². The first-order valence-electron chi connectivity index (χ1n) is 10.6. The van der Waals surface area contributed by atoms with Crippen molar-refractivity contribution >= 4 is 39.6 Å². The predicted molar refractivity (Wildman–Crippen MR) is 131 cm³/mol. The van der Waals surface area contributed by atoms with Gasteiger partial charge in [0.05, 0.1) is 11.3 Å². The number of amides is 2. The highest BCUT2D eigenvalue weighted by Gasteiger charge is 2.27. The minimum atomic E-state index is -0.944. The summed E-state index contributed by atoms with van der Waals surface area (Å²) in [5, 5.41) is 5.40. The lowest BCUT2D eigenvalue weighted by Crippen LogP contribution is -2.47. The third kappa shape index (κ3) is 9.26. The highest BCUT2D eigenvalue weighted by Crippen LogP contribution is 2.21. The van der Waals surface area contributed by atoms with Crippen LogP contribution in [-0.4, -0.2) is 35.2 Å². The van der Waals surface area contributed by atoms with Crippen molar-refractivity contribution < 1.29 is 23.9 Å². The van der Waals surface area contributed by atoms with E-state index in [0.717, 1.165) is 10.0 Å². The monoisotopic (exact) mass is 518 g/mol. The van der Waals surface area contributed by atoms with Gasteiger partial charge >= 0.3 is 12.1 Å². The molecule has 0 saturated heterocycles. The molecule has 1 atom stereocenters. The number of halogens is 1. The Morgan fingerprint density at radius 2 is 1.55 bits per heavy atom. The van der Waals surface area contributed by atoms with Gasteiger partial charge in [-0.1, -0.05) is 40.2 Å². The molecule has 0 fully saturated rings. The lowest BCUT2D eigenvalue weighted by molar-refractivity contribution is -0.118. The van der Waals surface area contributed by atoms with Crippen LogP contribution in [0.1, 0.15) is 57.5 Å². The summed E-state index contributed by atoms with van der Waals surface area (Å²) in [4.78, 5) is 38.3. The van der Waals surface area contributed by atoms with Gasteiger partial charge in [0.1, 0.15) is 17.2 Å². The van der Waals surface area contributed by atoms with Crippen LogP contribution in [0.5, 0.6) is 0 Å². The van der Waals surface area contributed by atoms with Gasteiger partial charge in [-0.2, -0.15) is 0 Å². The first-order chi connectivity index (χ1) is 15.2. The smallest absolute Gasteiger partial charge is 0.408 e. The van der Waals surface area contributed by atoms with Crippen molar-refractivity contribution in [3.63, 3.8) is 0 Å². The van der Waals surface area contributed by atoms with Gasteiger partial charge in [-0.05, 0) is 71.4 Å². The van der Waals surface area contributed by atoms with E-state index in [4.69, 9.17) is 9.47 Å². The molecule has 33 heavy (non-hydrogen) atoms. The van der Waals surface area contributed by atoms with E-state index >= 15 is 0 Å². The number of hydrogen-bond donors (Lipinski definition) is 2. The summed E-state index contributed by atoms with van der Waals surface area (Å²) in [5.74, 6) is -1.04. The fraction of sp³-hybridized carbons (Fsp3) is 0.400. The van der Waals surface area contributed by atoms with Crippen LogP contribution in [0.4, 0.5) is 10.5 Å². The molecule has 0 spiro atoms. The quantitative estimate of drug-likeness (QED) is 0.493. The second-order valence-corrected chi connectivity index (χ2v) is 10.5. The molecule has 0 bridgehead atoms. The van der Waals surface area contributed by atoms with E-state index in [-0.39, 0.29) is 12.0 Å². The predicted octanol–water partition coefficient (Wildman–Crippen LogP) is 5.48. The molecule has 0 aliphatic heterocycles. The fourth-order valence-corrected chi connectivity index (χ4v) is 3.33. The Balaban J connectivity index is 2.27. The molecule has 8 heteroatoms. The average molecular weight is 519 g/mol. The van der Waals surface area contributed by atoms with Crippen LogP contribution in [0.3, 0.4) is 0 Å². The second-order valence-electron chi connectivity index (χ2n) is 9.57. The third-order valence-corrected chi connectivity index (χ3v) is 4.63. The Bertz CT molecular complexity index is 1010. The summed E-state index contributed by atoms with van der Waals surface area (Å²) in [5.41, 5.74) is -0.0536. The second kappa shape index (κ2) is 10.8. The summed E-state index contributed by atoms with van der Waals surface area (Å²) in [7, 11) is 0. The molecule has 2 rings (SSSR count). The maximum atomic E-state index is 13.2. The zero-order valence-electron chi connectivity index (χ0n) is 19.8. The highest BCUT2D eigenvalue weighted by molar-refractivity contribution is 9.10. The molecule has 2 N–H and O–H groups in total. The normalized spacial score (nSPS) is 12.5. The largest absolute Gasteiger partial charge is 0.456 e. The molecule has 0 aromatic heterocycles. The molecule has 7 nitrogen and oxygen atoms in total. The van der Waals surface area contributed by atoms with E-state index in [1.54, 1.807) is 65.8 Å². The van der Waals surface area contributed by atoms with Gasteiger partial charge in [0, 0.05) is 10.9 Å². The maximum Gasteiger partial charge on any atom is 0.408 e. The SMILES string of the molecule is CC(C)(C)OC(=O)NC(Cc1cccc(Br)c1)C(=O)Nc1ccccc1C(=O)OC(C)(C)C.